The minimum Gasteiger partial charge on any atom is -0.506 e. The van der Waals surface area contributed by atoms with Crippen LogP contribution in [0.25, 0.3) is 11.0 Å². The summed E-state index contributed by atoms with van der Waals surface area (Å²) >= 11 is 5.69. The average molecular weight is 181 g/mol. The molecule has 0 aliphatic heterocycles. The van der Waals surface area contributed by atoms with E-state index in [2.05, 4.69) is 9.97 Å². The molecule has 2 aromatic heterocycles. The molecule has 0 saturated carbocycles. The number of hydrogen-bond acceptors (Lipinski definition) is 3. The van der Waals surface area contributed by atoms with Crippen LogP contribution in [-0.2, 0) is 0 Å². The lowest BCUT2D eigenvalue weighted by Gasteiger charge is -1.96. The van der Waals surface area contributed by atoms with E-state index < -0.39 is 0 Å². The van der Waals surface area contributed by atoms with Gasteiger partial charge in [0.05, 0.1) is 22.3 Å². The number of aromatic hydroxyl groups is 1. The first-order valence-electron chi connectivity index (χ1n) is 3.36. The van der Waals surface area contributed by atoms with Crippen LogP contribution in [0.1, 0.15) is 0 Å². The molecule has 12 heavy (non-hydrogen) atoms. The second kappa shape index (κ2) is 2.60. The molecular formula is C8H5ClN2O. The van der Waals surface area contributed by atoms with Crippen molar-refractivity contribution in [1.82, 2.24) is 9.97 Å². The van der Waals surface area contributed by atoms with Crippen molar-refractivity contribution in [1.29, 1.82) is 0 Å². The molecule has 0 spiro atoms. The number of aromatic nitrogens is 2. The van der Waals surface area contributed by atoms with Gasteiger partial charge in [-0.2, -0.15) is 0 Å². The van der Waals surface area contributed by atoms with Crippen molar-refractivity contribution in [2.24, 2.45) is 0 Å². The molecule has 0 radical (unpaired) electrons. The van der Waals surface area contributed by atoms with Gasteiger partial charge >= 0.3 is 0 Å². The van der Waals surface area contributed by atoms with E-state index in [0.717, 1.165) is 0 Å². The number of pyridine rings is 2. The first-order valence-corrected chi connectivity index (χ1v) is 3.74. The fraction of sp³-hybridized carbons (Fsp3) is 0. The van der Waals surface area contributed by atoms with Gasteiger partial charge < -0.3 is 5.11 Å². The maximum Gasteiger partial charge on any atom is 0.136 e. The highest BCUT2D eigenvalue weighted by atomic mass is 35.5. The van der Waals surface area contributed by atoms with Gasteiger partial charge in [0.2, 0.25) is 0 Å². The molecule has 60 valence electrons. The van der Waals surface area contributed by atoms with E-state index in [4.69, 9.17) is 16.7 Å². The van der Waals surface area contributed by atoms with Crippen LogP contribution in [-0.4, -0.2) is 15.1 Å². The second-order valence-electron chi connectivity index (χ2n) is 2.39. The summed E-state index contributed by atoms with van der Waals surface area (Å²) in [5.41, 5.74) is 1.32. The van der Waals surface area contributed by atoms with E-state index in [1.165, 1.54) is 12.4 Å². The Balaban J connectivity index is 2.79. The van der Waals surface area contributed by atoms with Crippen molar-refractivity contribution in [3.8, 4) is 5.75 Å². The molecule has 0 atom stereocenters. The van der Waals surface area contributed by atoms with Gasteiger partial charge in [-0.3, -0.25) is 9.97 Å². The first-order chi connectivity index (χ1) is 5.75. The van der Waals surface area contributed by atoms with Crippen molar-refractivity contribution in [3.63, 3.8) is 0 Å². The third-order valence-corrected chi connectivity index (χ3v) is 1.69. The minimum absolute atomic E-state index is 0.109. The predicted octanol–water partition coefficient (Wildman–Crippen LogP) is 1.99. The Morgan fingerprint density at radius 1 is 1.08 bits per heavy atom. The van der Waals surface area contributed by atoms with Gasteiger partial charge in [0.1, 0.15) is 5.75 Å². The van der Waals surface area contributed by atoms with Gasteiger partial charge in [-0.15, -0.1) is 0 Å². The smallest absolute Gasteiger partial charge is 0.136 e. The lowest BCUT2D eigenvalue weighted by atomic mass is 10.3. The van der Waals surface area contributed by atoms with E-state index in [0.29, 0.717) is 16.1 Å². The summed E-state index contributed by atoms with van der Waals surface area (Å²) in [4.78, 5) is 7.93. The van der Waals surface area contributed by atoms with Crippen molar-refractivity contribution in [3.05, 3.63) is 29.5 Å². The van der Waals surface area contributed by atoms with E-state index in [1.54, 1.807) is 12.1 Å². The molecule has 0 fully saturated rings. The van der Waals surface area contributed by atoms with Crippen molar-refractivity contribution in [2.45, 2.75) is 0 Å². The van der Waals surface area contributed by atoms with Crippen LogP contribution in [0.3, 0.4) is 0 Å². The molecule has 0 unspecified atom stereocenters. The highest BCUT2D eigenvalue weighted by Crippen LogP contribution is 2.17. The predicted molar refractivity (Wildman–Crippen MR) is 46.2 cm³/mol. The van der Waals surface area contributed by atoms with Crippen molar-refractivity contribution in [2.75, 3.05) is 0 Å². The fourth-order valence-electron chi connectivity index (χ4n) is 0.967. The molecule has 0 bridgehead atoms. The van der Waals surface area contributed by atoms with Crippen LogP contribution in [0.4, 0.5) is 0 Å². The van der Waals surface area contributed by atoms with Gasteiger partial charge in [0.15, 0.2) is 0 Å². The van der Waals surface area contributed by atoms with E-state index in [9.17, 15) is 0 Å². The van der Waals surface area contributed by atoms with Gasteiger partial charge in [-0.25, -0.2) is 0 Å². The second-order valence-corrected chi connectivity index (χ2v) is 2.82. The molecule has 0 saturated heterocycles. The molecule has 0 aliphatic rings. The number of halogens is 1. The van der Waals surface area contributed by atoms with Gasteiger partial charge in [-0.1, -0.05) is 11.6 Å². The molecule has 2 rings (SSSR count). The third kappa shape index (κ3) is 1.19. The molecule has 0 aromatic carbocycles. The molecule has 4 heteroatoms. The number of hydrogen-bond donors (Lipinski definition) is 1. The zero-order valence-corrected chi connectivity index (χ0v) is 6.78. The van der Waals surface area contributed by atoms with E-state index >= 15 is 0 Å². The maximum atomic E-state index is 9.06. The van der Waals surface area contributed by atoms with Crippen LogP contribution in [0, 0.1) is 0 Å². The zero-order valence-electron chi connectivity index (χ0n) is 6.03. The number of rotatable bonds is 0. The summed E-state index contributed by atoms with van der Waals surface area (Å²) in [6.07, 6.45) is 2.88. The number of nitrogens with zero attached hydrogens (tertiary/aromatic N) is 2. The highest BCUT2D eigenvalue weighted by molar-refractivity contribution is 6.31. The minimum atomic E-state index is 0.109. The first kappa shape index (κ1) is 7.31. The monoisotopic (exact) mass is 180 g/mol. The molecule has 1 N–H and O–H groups in total. The Labute approximate surface area is 73.6 Å². The van der Waals surface area contributed by atoms with E-state index in [1.807, 2.05) is 0 Å². The molecule has 0 aliphatic carbocycles. The highest BCUT2D eigenvalue weighted by Gasteiger charge is 1.97. The van der Waals surface area contributed by atoms with Gasteiger partial charge in [0, 0.05) is 12.3 Å². The molecule has 3 nitrogen and oxygen atoms in total. The van der Waals surface area contributed by atoms with Crippen molar-refractivity contribution >= 4 is 22.6 Å². The van der Waals surface area contributed by atoms with E-state index in [-0.39, 0.29) is 5.75 Å². The van der Waals surface area contributed by atoms with Crippen LogP contribution < -0.4 is 0 Å². The van der Waals surface area contributed by atoms with Gasteiger partial charge in [-0.05, 0) is 6.07 Å². The zero-order chi connectivity index (χ0) is 8.55. The Bertz CT molecular complexity index is 389. The summed E-state index contributed by atoms with van der Waals surface area (Å²) in [5, 5.41) is 9.61. The topological polar surface area (TPSA) is 46.0 Å². The summed E-state index contributed by atoms with van der Waals surface area (Å²) in [6, 6.07) is 3.24. The maximum absolute atomic E-state index is 9.06. The average Bonchev–Trinajstić information content (AvgIpc) is 2.05. The lowest BCUT2D eigenvalue weighted by molar-refractivity contribution is 0.473. The standard InChI is InChI=1S/C8H5ClN2O/c9-5-1-7-8(10-3-5)2-6(12)4-11-7/h1-4,12H. The van der Waals surface area contributed by atoms with Crippen LogP contribution in [0.15, 0.2) is 24.5 Å². The van der Waals surface area contributed by atoms with Crippen LogP contribution in [0.5, 0.6) is 5.75 Å². The SMILES string of the molecule is Oc1cnc2cc(Cl)cnc2c1. The van der Waals surface area contributed by atoms with Crippen LogP contribution >= 0.6 is 11.6 Å². The summed E-state index contributed by atoms with van der Waals surface area (Å²) in [6.45, 7) is 0. The fourth-order valence-corrected chi connectivity index (χ4v) is 1.12. The van der Waals surface area contributed by atoms with Crippen molar-refractivity contribution < 1.29 is 5.11 Å². The van der Waals surface area contributed by atoms with Crippen LogP contribution in [0.2, 0.25) is 5.02 Å². The summed E-state index contributed by atoms with van der Waals surface area (Å²) in [7, 11) is 0. The Hall–Kier alpha value is -1.35. The Morgan fingerprint density at radius 2 is 1.75 bits per heavy atom. The normalized spacial score (nSPS) is 10.4. The van der Waals surface area contributed by atoms with Gasteiger partial charge in [0.25, 0.3) is 0 Å². The summed E-state index contributed by atoms with van der Waals surface area (Å²) in [5.74, 6) is 0.109. The Kier molecular flexibility index (Phi) is 1.59. The molecule has 0 amide bonds. The quantitative estimate of drug-likeness (QED) is 0.675. The molecule has 2 heterocycles. The third-order valence-electron chi connectivity index (χ3n) is 1.48. The number of fused-ring (bicyclic) bond motifs is 1. The Morgan fingerprint density at radius 3 is 2.58 bits per heavy atom. The largest absolute Gasteiger partial charge is 0.506 e. The summed E-state index contributed by atoms with van der Waals surface area (Å²) < 4.78 is 0. The molecule has 2 aromatic rings. The lowest BCUT2D eigenvalue weighted by Crippen LogP contribution is -1.81. The molecular weight excluding hydrogens is 176 g/mol.